The molecule has 0 aromatic heterocycles. The van der Waals surface area contributed by atoms with Crippen LogP contribution in [-0.2, 0) is 4.79 Å². The third-order valence-corrected chi connectivity index (χ3v) is 3.73. The Hall–Kier alpha value is -1.18. The van der Waals surface area contributed by atoms with E-state index >= 15 is 0 Å². The molecule has 1 aromatic rings. The van der Waals surface area contributed by atoms with Crippen molar-refractivity contribution < 1.29 is 13.6 Å². The molecule has 0 atom stereocenters. The van der Waals surface area contributed by atoms with Gasteiger partial charge >= 0.3 is 0 Å². The Bertz CT molecular complexity index is 581. The maximum Gasteiger partial charge on any atom is 0.236 e. The summed E-state index contributed by atoms with van der Waals surface area (Å²) in [5.41, 5.74) is -0.301. The molecule has 4 nitrogen and oxygen atoms in total. The standard InChI is InChI=1S/C10H5Cl2F2N3OS/c11-5-1-6(13)9(14)4(8(5)12)2-15-17-10-16-7(18)3-19-10/h1-2H,3H2,(H,16,17,18). The van der Waals surface area contributed by atoms with Crippen molar-refractivity contribution >= 4 is 52.3 Å². The summed E-state index contributed by atoms with van der Waals surface area (Å²) >= 11 is 12.5. The predicted molar refractivity (Wildman–Crippen MR) is 72.0 cm³/mol. The quantitative estimate of drug-likeness (QED) is 0.517. The summed E-state index contributed by atoms with van der Waals surface area (Å²) in [4.78, 5) is 10.9. The fraction of sp³-hybridized carbons (Fsp3) is 0.100. The highest BCUT2D eigenvalue weighted by atomic mass is 35.5. The topological polar surface area (TPSA) is 53.8 Å². The highest BCUT2D eigenvalue weighted by Gasteiger charge is 2.17. The van der Waals surface area contributed by atoms with E-state index in [1.165, 1.54) is 0 Å². The third-order valence-electron chi connectivity index (χ3n) is 2.07. The van der Waals surface area contributed by atoms with Crippen LogP contribution in [0, 0.1) is 11.6 Å². The van der Waals surface area contributed by atoms with E-state index in [9.17, 15) is 13.6 Å². The second-order valence-electron chi connectivity index (χ2n) is 3.37. The van der Waals surface area contributed by atoms with Crippen molar-refractivity contribution in [2.45, 2.75) is 0 Å². The number of thioether (sulfide) groups is 1. The van der Waals surface area contributed by atoms with E-state index in [2.05, 4.69) is 15.5 Å². The molecule has 1 amide bonds. The van der Waals surface area contributed by atoms with Crippen LogP contribution >= 0.6 is 35.0 Å². The first-order valence-electron chi connectivity index (χ1n) is 4.85. The number of carbonyl (C=O) groups excluding carboxylic acids is 1. The third kappa shape index (κ3) is 3.23. The van der Waals surface area contributed by atoms with Gasteiger partial charge in [0.15, 0.2) is 16.8 Å². The Morgan fingerprint density at radius 1 is 1.42 bits per heavy atom. The maximum absolute atomic E-state index is 13.5. The average Bonchev–Trinajstić information content (AvgIpc) is 2.77. The highest BCUT2D eigenvalue weighted by Crippen LogP contribution is 2.28. The van der Waals surface area contributed by atoms with E-state index in [0.717, 1.165) is 24.0 Å². The number of amidine groups is 1. The Labute approximate surface area is 120 Å². The predicted octanol–water partition coefficient (Wildman–Crippen LogP) is 2.82. The molecule has 0 bridgehead atoms. The average molecular weight is 324 g/mol. The number of rotatable bonds is 2. The fourth-order valence-electron chi connectivity index (χ4n) is 1.22. The first-order chi connectivity index (χ1) is 8.99. The second-order valence-corrected chi connectivity index (χ2v) is 5.12. The van der Waals surface area contributed by atoms with Gasteiger partial charge < -0.3 is 5.32 Å². The van der Waals surface area contributed by atoms with Crippen molar-refractivity contribution in [2.24, 2.45) is 10.2 Å². The molecule has 100 valence electrons. The molecule has 2 rings (SSSR count). The number of nitrogens with one attached hydrogen (secondary N) is 1. The van der Waals surface area contributed by atoms with Gasteiger partial charge in [-0.2, -0.15) is 5.10 Å². The molecular weight excluding hydrogens is 319 g/mol. The Kier molecular flexibility index (Phi) is 4.38. The van der Waals surface area contributed by atoms with Crippen LogP contribution in [0.5, 0.6) is 0 Å². The minimum atomic E-state index is -1.17. The fourth-order valence-corrected chi connectivity index (χ4v) is 2.24. The molecule has 0 aliphatic carbocycles. The van der Waals surface area contributed by atoms with Crippen molar-refractivity contribution in [3.8, 4) is 0 Å². The minimum absolute atomic E-state index is 0.127. The van der Waals surface area contributed by atoms with Crippen LogP contribution in [0.1, 0.15) is 5.56 Å². The molecule has 0 saturated carbocycles. The lowest BCUT2D eigenvalue weighted by molar-refractivity contribution is -0.116. The van der Waals surface area contributed by atoms with Crippen LogP contribution in [0.15, 0.2) is 16.3 Å². The Morgan fingerprint density at radius 3 is 2.79 bits per heavy atom. The number of amides is 1. The van der Waals surface area contributed by atoms with Crippen LogP contribution in [0.25, 0.3) is 0 Å². The largest absolute Gasteiger partial charge is 0.303 e. The van der Waals surface area contributed by atoms with E-state index in [1.807, 2.05) is 0 Å². The molecule has 1 heterocycles. The van der Waals surface area contributed by atoms with Gasteiger partial charge in [0.2, 0.25) is 5.91 Å². The number of hydrogen-bond donors (Lipinski definition) is 1. The number of halogens is 4. The van der Waals surface area contributed by atoms with Gasteiger partial charge in [0, 0.05) is 0 Å². The number of hydrogen-bond acceptors (Lipinski definition) is 4. The first kappa shape index (κ1) is 14.2. The lowest BCUT2D eigenvalue weighted by Crippen LogP contribution is -2.19. The molecule has 1 aliphatic heterocycles. The van der Waals surface area contributed by atoms with E-state index in [1.54, 1.807) is 0 Å². The smallest absolute Gasteiger partial charge is 0.236 e. The Morgan fingerprint density at radius 2 is 2.16 bits per heavy atom. The van der Waals surface area contributed by atoms with Crippen molar-refractivity contribution in [2.75, 3.05) is 5.75 Å². The van der Waals surface area contributed by atoms with Gasteiger partial charge in [-0.05, 0) is 6.07 Å². The van der Waals surface area contributed by atoms with Crippen LogP contribution in [0.3, 0.4) is 0 Å². The summed E-state index contributed by atoms with van der Waals surface area (Å²) in [6.07, 6.45) is 0.935. The molecule has 1 fully saturated rings. The van der Waals surface area contributed by atoms with Crippen molar-refractivity contribution in [1.82, 2.24) is 5.32 Å². The summed E-state index contributed by atoms with van der Waals surface area (Å²) < 4.78 is 26.6. The van der Waals surface area contributed by atoms with E-state index in [0.29, 0.717) is 0 Å². The lowest BCUT2D eigenvalue weighted by atomic mass is 10.2. The van der Waals surface area contributed by atoms with Crippen molar-refractivity contribution in [1.29, 1.82) is 0 Å². The molecule has 0 unspecified atom stereocenters. The van der Waals surface area contributed by atoms with Crippen LogP contribution in [0.4, 0.5) is 8.78 Å². The minimum Gasteiger partial charge on any atom is -0.303 e. The summed E-state index contributed by atoms with van der Waals surface area (Å²) in [7, 11) is 0. The van der Waals surface area contributed by atoms with E-state index in [4.69, 9.17) is 23.2 Å². The highest BCUT2D eigenvalue weighted by molar-refractivity contribution is 8.15. The number of nitrogens with zero attached hydrogens (tertiary/aromatic N) is 2. The van der Waals surface area contributed by atoms with E-state index < -0.39 is 11.6 Å². The van der Waals surface area contributed by atoms with Crippen LogP contribution in [-0.4, -0.2) is 23.0 Å². The molecule has 0 spiro atoms. The first-order valence-corrected chi connectivity index (χ1v) is 6.60. The lowest BCUT2D eigenvalue weighted by Gasteiger charge is -2.02. The molecule has 0 radical (unpaired) electrons. The number of carbonyl (C=O) groups is 1. The van der Waals surface area contributed by atoms with Crippen LogP contribution < -0.4 is 5.32 Å². The van der Waals surface area contributed by atoms with Gasteiger partial charge in [-0.1, -0.05) is 35.0 Å². The zero-order valence-corrected chi connectivity index (χ0v) is 11.4. The molecule has 1 saturated heterocycles. The Balaban J connectivity index is 2.26. The van der Waals surface area contributed by atoms with Gasteiger partial charge in [-0.15, -0.1) is 5.10 Å². The van der Waals surface area contributed by atoms with Gasteiger partial charge in [0.25, 0.3) is 0 Å². The molecule has 1 aliphatic rings. The SMILES string of the molecule is O=C1CSC(=NN=Cc2c(F)c(F)cc(Cl)c2Cl)N1. The van der Waals surface area contributed by atoms with Crippen LogP contribution in [0.2, 0.25) is 10.0 Å². The summed E-state index contributed by atoms with van der Waals surface area (Å²) in [6, 6.07) is 0.773. The zero-order valence-electron chi connectivity index (χ0n) is 9.08. The van der Waals surface area contributed by atoms with Gasteiger partial charge in [0.05, 0.1) is 27.6 Å². The van der Waals surface area contributed by atoms with Gasteiger partial charge in [-0.25, -0.2) is 8.78 Å². The zero-order chi connectivity index (χ0) is 14.0. The molecular formula is C10H5Cl2F2N3OS. The molecule has 19 heavy (non-hydrogen) atoms. The number of benzene rings is 1. The maximum atomic E-state index is 13.5. The van der Waals surface area contributed by atoms with Gasteiger partial charge in [0.1, 0.15) is 0 Å². The second kappa shape index (κ2) is 5.85. The summed E-state index contributed by atoms with van der Waals surface area (Å²) in [5, 5.41) is 9.59. The summed E-state index contributed by atoms with van der Waals surface area (Å²) in [5.74, 6) is -2.25. The van der Waals surface area contributed by atoms with Crippen molar-refractivity contribution in [3.05, 3.63) is 33.3 Å². The van der Waals surface area contributed by atoms with E-state index in [-0.39, 0.29) is 32.4 Å². The molecule has 9 heteroatoms. The van der Waals surface area contributed by atoms with Crippen molar-refractivity contribution in [3.63, 3.8) is 0 Å². The normalized spacial score (nSPS) is 17.5. The molecule has 1 aromatic carbocycles. The summed E-state index contributed by atoms with van der Waals surface area (Å²) in [6.45, 7) is 0. The van der Waals surface area contributed by atoms with Gasteiger partial charge in [-0.3, -0.25) is 4.79 Å². The monoisotopic (exact) mass is 323 g/mol. The molecule has 1 N–H and O–H groups in total.